The Hall–Kier alpha value is -0.820. The summed E-state index contributed by atoms with van der Waals surface area (Å²) >= 11 is 0. The summed E-state index contributed by atoms with van der Waals surface area (Å²) in [5, 5.41) is 8.85. The second-order valence-electron chi connectivity index (χ2n) is 3.63. The van der Waals surface area contributed by atoms with Gasteiger partial charge in [-0.25, -0.2) is 0 Å². The van der Waals surface area contributed by atoms with Crippen molar-refractivity contribution in [3.05, 3.63) is 35.9 Å². The largest absolute Gasteiger partial charge is 0.396 e. The smallest absolute Gasteiger partial charge is 0.0462 e. The zero-order valence-corrected chi connectivity index (χ0v) is 7.11. The van der Waals surface area contributed by atoms with E-state index in [9.17, 15) is 0 Å². The second kappa shape index (κ2) is 3.28. The van der Waals surface area contributed by atoms with Crippen LogP contribution in [0.1, 0.15) is 12.0 Å². The number of aliphatic hydroxyl groups excluding tert-OH is 1. The summed E-state index contributed by atoms with van der Waals surface area (Å²) in [6.07, 6.45) is 2.36. The van der Waals surface area contributed by atoms with Gasteiger partial charge in [-0.3, -0.25) is 0 Å². The van der Waals surface area contributed by atoms with E-state index < -0.39 is 0 Å². The van der Waals surface area contributed by atoms with Gasteiger partial charge in [-0.2, -0.15) is 0 Å². The maximum atomic E-state index is 8.85. The lowest BCUT2D eigenvalue weighted by atomic mass is 10.1. The molecule has 0 bridgehead atoms. The van der Waals surface area contributed by atoms with Crippen molar-refractivity contribution in [1.29, 1.82) is 0 Å². The van der Waals surface area contributed by atoms with Crippen molar-refractivity contribution in [3.63, 3.8) is 0 Å². The first kappa shape index (κ1) is 7.81. The molecule has 1 aliphatic rings. The third-order valence-corrected chi connectivity index (χ3v) is 2.64. The first-order chi connectivity index (χ1) is 5.90. The summed E-state index contributed by atoms with van der Waals surface area (Å²) in [5.74, 6) is 1.34. The van der Waals surface area contributed by atoms with Crippen LogP contribution in [0.3, 0.4) is 0 Å². The molecule has 1 aromatic rings. The van der Waals surface area contributed by atoms with E-state index in [-0.39, 0.29) is 0 Å². The Morgan fingerprint density at radius 3 is 2.50 bits per heavy atom. The number of hydrogen-bond acceptors (Lipinski definition) is 1. The Morgan fingerprint density at radius 1 is 1.17 bits per heavy atom. The quantitative estimate of drug-likeness (QED) is 0.719. The normalized spacial score (nSPS) is 27.1. The van der Waals surface area contributed by atoms with Crippen molar-refractivity contribution in [2.75, 3.05) is 6.61 Å². The summed E-state index contributed by atoms with van der Waals surface area (Å²) in [6, 6.07) is 10.5. The van der Waals surface area contributed by atoms with Gasteiger partial charge >= 0.3 is 0 Å². The van der Waals surface area contributed by atoms with Crippen LogP contribution in [0.2, 0.25) is 0 Å². The lowest BCUT2D eigenvalue weighted by molar-refractivity contribution is 0.268. The standard InChI is InChI=1S/C11H14O/c12-8-11-7-10(11)6-9-4-2-1-3-5-9/h1-5,10-12H,6-8H2/t10-,11+/m0/s1. The van der Waals surface area contributed by atoms with Crippen molar-refractivity contribution in [1.82, 2.24) is 0 Å². The average Bonchev–Trinajstić information content (AvgIpc) is 2.85. The molecule has 0 amide bonds. The molecule has 1 fully saturated rings. The lowest BCUT2D eigenvalue weighted by Gasteiger charge is -1.98. The molecule has 2 atom stereocenters. The summed E-state index contributed by atoms with van der Waals surface area (Å²) in [4.78, 5) is 0. The van der Waals surface area contributed by atoms with Gasteiger partial charge in [0.2, 0.25) is 0 Å². The lowest BCUT2D eigenvalue weighted by Crippen LogP contribution is -1.92. The highest BCUT2D eigenvalue weighted by Crippen LogP contribution is 2.40. The van der Waals surface area contributed by atoms with E-state index in [0.29, 0.717) is 12.5 Å². The summed E-state index contributed by atoms with van der Waals surface area (Å²) in [6.45, 7) is 0.373. The van der Waals surface area contributed by atoms with E-state index in [2.05, 4.69) is 24.3 Å². The maximum absolute atomic E-state index is 8.85. The van der Waals surface area contributed by atoms with Crippen LogP contribution >= 0.6 is 0 Å². The molecule has 2 rings (SSSR count). The van der Waals surface area contributed by atoms with E-state index in [1.54, 1.807) is 0 Å². The molecule has 0 aromatic heterocycles. The van der Waals surface area contributed by atoms with Crippen molar-refractivity contribution in [2.24, 2.45) is 11.8 Å². The molecular weight excluding hydrogens is 148 g/mol. The van der Waals surface area contributed by atoms with Crippen LogP contribution in [0.4, 0.5) is 0 Å². The van der Waals surface area contributed by atoms with Gasteiger partial charge in [0.25, 0.3) is 0 Å². The van der Waals surface area contributed by atoms with Gasteiger partial charge in [-0.15, -0.1) is 0 Å². The van der Waals surface area contributed by atoms with E-state index in [4.69, 9.17) is 5.11 Å². The summed E-state index contributed by atoms with van der Waals surface area (Å²) in [7, 11) is 0. The topological polar surface area (TPSA) is 20.2 Å². The zero-order valence-electron chi connectivity index (χ0n) is 7.11. The van der Waals surface area contributed by atoms with Crippen LogP contribution in [-0.4, -0.2) is 11.7 Å². The molecule has 1 nitrogen and oxygen atoms in total. The third kappa shape index (κ3) is 1.67. The number of rotatable bonds is 3. The highest BCUT2D eigenvalue weighted by Gasteiger charge is 2.35. The minimum atomic E-state index is 0.373. The molecule has 0 radical (unpaired) electrons. The fourth-order valence-corrected chi connectivity index (χ4v) is 1.70. The third-order valence-electron chi connectivity index (χ3n) is 2.64. The van der Waals surface area contributed by atoms with Gasteiger partial charge in [0.05, 0.1) is 0 Å². The minimum Gasteiger partial charge on any atom is -0.396 e. The molecule has 1 N–H and O–H groups in total. The number of aliphatic hydroxyl groups is 1. The number of benzene rings is 1. The highest BCUT2D eigenvalue weighted by atomic mass is 16.3. The predicted molar refractivity (Wildman–Crippen MR) is 48.8 cm³/mol. The van der Waals surface area contributed by atoms with Gasteiger partial charge in [0.15, 0.2) is 0 Å². The Kier molecular flexibility index (Phi) is 2.13. The molecule has 0 aliphatic heterocycles. The van der Waals surface area contributed by atoms with Crippen molar-refractivity contribution >= 4 is 0 Å². The second-order valence-corrected chi connectivity index (χ2v) is 3.63. The van der Waals surface area contributed by atoms with E-state index in [1.165, 1.54) is 12.0 Å². The van der Waals surface area contributed by atoms with Gasteiger partial charge in [0.1, 0.15) is 0 Å². The monoisotopic (exact) mass is 162 g/mol. The SMILES string of the molecule is OC[C@H]1C[C@@H]1Cc1ccccc1. The molecule has 64 valence electrons. The van der Waals surface area contributed by atoms with Crippen LogP contribution in [0.15, 0.2) is 30.3 Å². The molecule has 1 aliphatic carbocycles. The van der Waals surface area contributed by atoms with E-state index >= 15 is 0 Å². The number of hydrogen-bond donors (Lipinski definition) is 1. The van der Waals surface area contributed by atoms with Crippen molar-refractivity contribution < 1.29 is 5.11 Å². The van der Waals surface area contributed by atoms with Gasteiger partial charge in [0, 0.05) is 6.61 Å². The zero-order chi connectivity index (χ0) is 8.39. The molecule has 0 spiro atoms. The molecule has 1 heteroatoms. The van der Waals surface area contributed by atoms with Crippen LogP contribution in [0, 0.1) is 11.8 Å². The Bertz CT molecular complexity index is 242. The van der Waals surface area contributed by atoms with Crippen LogP contribution in [0.25, 0.3) is 0 Å². The highest BCUT2D eigenvalue weighted by molar-refractivity contribution is 5.16. The van der Waals surface area contributed by atoms with E-state index in [0.717, 1.165) is 12.3 Å². The molecule has 0 saturated heterocycles. The Balaban J connectivity index is 1.89. The summed E-state index contributed by atoms with van der Waals surface area (Å²) in [5.41, 5.74) is 1.40. The molecule has 0 unspecified atom stereocenters. The van der Waals surface area contributed by atoms with Crippen LogP contribution in [0.5, 0.6) is 0 Å². The van der Waals surface area contributed by atoms with Gasteiger partial charge < -0.3 is 5.11 Å². The maximum Gasteiger partial charge on any atom is 0.0462 e. The van der Waals surface area contributed by atoms with Crippen LogP contribution in [-0.2, 0) is 6.42 Å². The molecular formula is C11H14O. The van der Waals surface area contributed by atoms with Gasteiger partial charge in [-0.1, -0.05) is 30.3 Å². The molecule has 0 heterocycles. The average molecular weight is 162 g/mol. The fourth-order valence-electron chi connectivity index (χ4n) is 1.70. The van der Waals surface area contributed by atoms with E-state index in [1.807, 2.05) is 6.07 Å². The van der Waals surface area contributed by atoms with Crippen LogP contribution < -0.4 is 0 Å². The summed E-state index contributed by atoms with van der Waals surface area (Å²) < 4.78 is 0. The molecule has 1 aromatic carbocycles. The molecule has 12 heavy (non-hydrogen) atoms. The first-order valence-corrected chi connectivity index (χ1v) is 4.55. The Morgan fingerprint density at radius 2 is 1.92 bits per heavy atom. The van der Waals surface area contributed by atoms with Crippen molar-refractivity contribution in [3.8, 4) is 0 Å². The van der Waals surface area contributed by atoms with Gasteiger partial charge in [-0.05, 0) is 30.2 Å². The Labute approximate surface area is 73.0 Å². The first-order valence-electron chi connectivity index (χ1n) is 4.55. The minimum absolute atomic E-state index is 0.373. The predicted octanol–water partition coefficient (Wildman–Crippen LogP) is 1.86. The molecule has 1 saturated carbocycles. The van der Waals surface area contributed by atoms with Crippen molar-refractivity contribution in [2.45, 2.75) is 12.8 Å². The fraction of sp³-hybridized carbons (Fsp3) is 0.455.